The van der Waals surface area contributed by atoms with Gasteiger partial charge < -0.3 is 14.4 Å². The maximum atomic E-state index is 6.33. The number of unbranched alkanes of at least 4 members (excludes halogenated alkanes) is 6. The van der Waals surface area contributed by atoms with Gasteiger partial charge in [0.2, 0.25) is 0 Å². The predicted molar refractivity (Wildman–Crippen MR) is 183 cm³/mol. The Bertz CT molecular complexity index is 1300. The first-order valence-corrected chi connectivity index (χ1v) is 16.5. The number of anilines is 1. The second-order valence-electron chi connectivity index (χ2n) is 11.2. The largest absolute Gasteiger partial charge is 0.493 e. The lowest BCUT2D eigenvalue weighted by atomic mass is 9.99. The fourth-order valence-corrected chi connectivity index (χ4v) is 5.46. The number of nitrogens with zero attached hydrogens (tertiary/aromatic N) is 2. The van der Waals surface area contributed by atoms with Crippen molar-refractivity contribution in [3.05, 3.63) is 84.9 Å². The van der Waals surface area contributed by atoms with Gasteiger partial charge in [0.15, 0.2) is 0 Å². The van der Waals surface area contributed by atoms with Gasteiger partial charge in [0.25, 0.3) is 0 Å². The minimum absolute atomic E-state index is 0.713. The fraction of sp³-hybridized carbons (Fsp3) is 0.410. The van der Waals surface area contributed by atoms with Crippen molar-refractivity contribution in [3.8, 4) is 45.1 Å². The van der Waals surface area contributed by atoms with Crippen LogP contribution in [0.5, 0.6) is 11.5 Å². The quantitative estimate of drug-likeness (QED) is 0.110. The van der Waals surface area contributed by atoms with Crippen molar-refractivity contribution in [1.29, 1.82) is 0 Å². The van der Waals surface area contributed by atoms with Gasteiger partial charge in [-0.15, -0.1) is 0 Å². The molecule has 0 atom stereocenters. The van der Waals surface area contributed by atoms with E-state index >= 15 is 0 Å². The molecule has 0 spiro atoms. The van der Waals surface area contributed by atoms with Crippen molar-refractivity contribution in [3.63, 3.8) is 0 Å². The minimum atomic E-state index is 0.713. The molecule has 1 aromatic heterocycles. The molecule has 0 aliphatic carbocycles. The maximum absolute atomic E-state index is 6.33. The smallest absolute Gasteiger partial charge is 0.128 e. The zero-order valence-corrected chi connectivity index (χ0v) is 26.8. The Morgan fingerprint density at radius 1 is 0.535 bits per heavy atom. The van der Waals surface area contributed by atoms with Gasteiger partial charge >= 0.3 is 0 Å². The Morgan fingerprint density at radius 2 is 1.02 bits per heavy atom. The molecule has 4 rings (SSSR count). The number of benzene rings is 3. The van der Waals surface area contributed by atoms with Gasteiger partial charge in [0.05, 0.1) is 24.6 Å². The molecule has 3 aromatic carbocycles. The molecule has 0 bridgehead atoms. The summed E-state index contributed by atoms with van der Waals surface area (Å²) in [4.78, 5) is 7.61. The number of ether oxygens (including phenoxy) is 2. The van der Waals surface area contributed by atoms with E-state index in [1.807, 2.05) is 12.1 Å². The van der Waals surface area contributed by atoms with E-state index in [0.29, 0.717) is 13.2 Å². The summed E-state index contributed by atoms with van der Waals surface area (Å²) in [7, 11) is 0. The summed E-state index contributed by atoms with van der Waals surface area (Å²) in [6.07, 6.45) is 9.41. The Kier molecular flexibility index (Phi) is 13.0. The van der Waals surface area contributed by atoms with Crippen molar-refractivity contribution < 1.29 is 9.47 Å². The van der Waals surface area contributed by atoms with Crippen molar-refractivity contribution in [1.82, 2.24) is 4.98 Å². The number of aromatic nitrogens is 1. The van der Waals surface area contributed by atoms with E-state index in [9.17, 15) is 0 Å². The molecule has 0 N–H and O–H groups in total. The van der Waals surface area contributed by atoms with Gasteiger partial charge in [0, 0.05) is 29.9 Å². The molecule has 4 heteroatoms. The van der Waals surface area contributed by atoms with Gasteiger partial charge in [-0.2, -0.15) is 0 Å². The predicted octanol–water partition coefficient (Wildman–Crippen LogP) is 10.8. The summed E-state index contributed by atoms with van der Waals surface area (Å²) in [6.45, 7) is 12.3. The Labute approximate surface area is 260 Å². The van der Waals surface area contributed by atoms with Crippen LogP contribution >= 0.6 is 0 Å². The van der Waals surface area contributed by atoms with E-state index in [-0.39, 0.29) is 0 Å². The highest BCUT2D eigenvalue weighted by molar-refractivity contribution is 5.80. The Hall–Kier alpha value is -3.79. The van der Waals surface area contributed by atoms with Crippen LogP contribution in [0.15, 0.2) is 84.9 Å². The zero-order chi connectivity index (χ0) is 30.3. The third-order valence-electron chi connectivity index (χ3n) is 7.99. The van der Waals surface area contributed by atoms with E-state index in [2.05, 4.69) is 105 Å². The number of rotatable bonds is 18. The molecule has 0 saturated carbocycles. The SMILES string of the molecule is CCCCCCOc1ccccc1-c1cc(-c2ccc(N(CC)CC)cc2)cc(-c2ccccc2OCCCCCC)n1. The number of hydrogen-bond donors (Lipinski definition) is 0. The van der Waals surface area contributed by atoms with Gasteiger partial charge in [-0.25, -0.2) is 4.98 Å². The third-order valence-corrected chi connectivity index (χ3v) is 7.99. The molecule has 0 amide bonds. The molecular formula is C39H50N2O2. The zero-order valence-electron chi connectivity index (χ0n) is 26.8. The van der Waals surface area contributed by atoms with Crippen LogP contribution in [0.1, 0.15) is 79.1 Å². The molecule has 4 nitrogen and oxygen atoms in total. The van der Waals surface area contributed by atoms with Gasteiger partial charge in [-0.3, -0.25) is 0 Å². The highest BCUT2D eigenvalue weighted by Crippen LogP contribution is 2.37. The first-order chi connectivity index (χ1) is 21.2. The van der Waals surface area contributed by atoms with E-state index in [0.717, 1.165) is 71.1 Å². The third kappa shape index (κ3) is 9.10. The second-order valence-corrected chi connectivity index (χ2v) is 11.2. The summed E-state index contributed by atoms with van der Waals surface area (Å²) < 4.78 is 12.7. The molecule has 0 aliphatic heterocycles. The number of hydrogen-bond acceptors (Lipinski definition) is 4. The highest BCUT2D eigenvalue weighted by atomic mass is 16.5. The van der Waals surface area contributed by atoms with Crippen LogP contribution in [0.4, 0.5) is 5.69 Å². The van der Waals surface area contributed by atoms with Gasteiger partial charge in [0.1, 0.15) is 11.5 Å². The van der Waals surface area contributed by atoms with Crippen molar-refractivity contribution >= 4 is 5.69 Å². The lowest BCUT2D eigenvalue weighted by Gasteiger charge is -2.21. The standard InChI is InChI=1S/C39H50N2O2/c1-5-9-11-17-27-42-38-21-15-13-19-34(38)36-29-32(31-23-25-33(26-24-31)41(7-3)8-4)30-37(40-36)35-20-14-16-22-39(35)43-28-18-12-10-6-2/h13-16,19-26,29-30H,5-12,17-18,27-28H2,1-4H3. The Morgan fingerprint density at radius 3 is 1.49 bits per heavy atom. The topological polar surface area (TPSA) is 34.6 Å². The molecule has 0 aliphatic rings. The molecular weight excluding hydrogens is 528 g/mol. The lowest BCUT2D eigenvalue weighted by Crippen LogP contribution is -2.21. The van der Waals surface area contributed by atoms with Crippen LogP contribution in [0.3, 0.4) is 0 Å². The molecule has 0 saturated heterocycles. The van der Waals surface area contributed by atoms with E-state index < -0.39 is 0 Å². The van der Waals surface area contributed by atoms with Crippen LogP contribution in [-0.2, 0) is 0 Å². The molecule has 43 heavy (non-hydrogen) atoms. The van der Waals surface area contributed by atoms with Crippen LogP contribution in [0.2, 0.25) is 0 Å². The molecule has 4 aromatic rings. The average Bonchev–Trinajstić information content (AvgIpc) is 3.05. The van der Waals surface area contributed by atoms with Gasteiger partial charge in [-0.1, -0.05) is 88.8 Å². The van der Waals surface area contributed by atoms with E-state index in [1.54, 1.807) is 0 Å². The fourth-order valence-electron chi connectivity index (χ4n) is 5.46. The summed E-state index contributed by atoms with van der Waals surface area (Å²) in [5, 5.41) is 0. The average molecular weight is 579 g/mol. The summed E-state index contributed by atoms with van der Waals surface area (Å²) >= 11 is 0. The highest BCUT2D eigenvalue weighted by Gasteiger charge is 2.15. The monoisotopic (exact) mass is 578 g/mol. The molecule has 1 heterocycles. The Balaban J connectivity index is 1.73. The van der Waals surface area contributed by atoms with Gasteiger partial charge in [-0.05, 0) is 86.3 Å². The van der Waals surface area contributed by atoms with Crippen LogP contribution in [0.25, 0.3) is 33.6 Å². The molecule has 228 valence electrons. The minimum Gasteiger partial charge on any atom is -0.493 e. The second kappa shape index (κ2) is 17.4. The summed E-state index contributed by atoms with van der Waals surface area (Å²) in [6, 6.07) is 29.9. The lowest BCUT2D eigenvalue weighted by molar-refractivity contribution is 0.306. The van der Waals surface area contributed by atoms with E-state index in [1.165, 1.54) is 44.2 Å². The normalized spacial score (nSPS) is 11.0. The summed E-state index contributed by atoms with van der Waals surface area (Å²) in [5.74, 6) is 1.76. The first-order valence-electron chi connectivity index (χ1n) is 16.5. The van der Waals surface area contributed by atoms with Crippen molar-refractivity contribution in [2.24, 2.45) is 0 Å². The summed E-state index contributed by atoms with van der Waals surface area (Å²) in [5.41, 5.74) is 7.37. The number of pyridine rings is 1. The van der Waals surface area contributed by atoms with Crippen LogP contribution in [0, 0.1) is 0 Å². The molecule has 0 fully saturated rings. The molecule has 0 unspecified atom stereocenters. The molecule has 0 radical (unpaired) electrons. The van der Waals surface area contributed by atoms with Crippen LogP contribution in [-0.4, -0.2) is 31.3 Å². The van der Waals surface area contributed by atoms with Crippen LogP contribution < -0.4 is 14.4 Å². The number of para-hydroxylation sites is 2. The van der Waals surface area contributed by atoms with Crippen molar-refractivity contribution in [2.75, 3.05) is 31.2 Å². The van der Waals surface area contributed by atoms with Crippen molar-refractivity contribution in [2.45, 2.75) is 79.1 Å². The maximum Gasteiger partial charge on any atom is 0.128 e. The first kappa shape index (κ1) is 32.1. The van der Waals surface area contributed by atoms with E-state index in [4.69, 9.17) is 14.5 Å².